The van der Waals surface area contributed by atoms with Crippen LogP contribution in [-0.2, 0) is 0 Å². The van der Waals surface area contributed by atoms with E-state index in [1.807, 2.05) is 0 Å². The van der Waals surface area contributed by atoms with E-state index in [0.717, 1.165) is 18.7 Å². The van der Waals surface area contributed by atoms with Gasteiger partial charge in [-0.25, -0.2) is 19.8 Å². The third kappa shape index (κ3) is 3.04. The Morgan fingerprint density at radius 1 is 0.583 bits per heavy atom. The van der Waals surface area contributed by atoms with Gasteiger partial charge < -0.3 is 0 Å². The molecule has 2 aliphatic heterocycles. The maximum Gasteiger partial charge on any atom is 0.267 e. The molecule has 176 valence electrons. The number of aryl methyl sites for hydroxylation is 2. The SMILES string of the molecule is Cc1cc(Br)cnc1N1C(=O)c2ccc3c4c(ccc(c24)C1=O)C(=O)N(c1ncc(Br)cc1C)C3=O. The Morgan fingerprint density at radius 3 is 1.17 bits per heavy atom. The van der Waals surface area contributed by atoms with Crippen LogP contribution < -0.4 is 9.80 Å². The highest BCUT2D eigenvalue weighted by Gasteiger charge is 2.41. The summed E-state index contributed by atoms with van der Waals surface area (Å²) < 4.78 is 1.44. The molecule has 0 saturated heterocycles. The van der Waals surface area contributed by atoms with Crippen molar-refractivity contribution in [1.29, 1.82) is 0 Å². The van der Waals surface area contributed by atoms with Crippen LogP contribution in [0.15, 0.2) is 57.7 Å². The van der Waals surface area contributed by atoms with Gasteiger partial charge >= 0.3 is 0 Å². The molecule has 2 aromatic heterocycles. The van der Waals surface area contributed by atoms with Gasteiger partial charge in [0, 0.05) is 54.4 Å². The Labute approximate surface area is 221 Å². The summed E-state index contributed by atoms with van der Waals surface area (Å²) in [5, 5.41) is 0.598. The molecule has 0 N–H and O–H groups in total. The summed E-state index contributed by atoms with van der Waals surface area (Å²) in [6.07, 6.45) is 3.03. The number of benzene rings is 2. The van der Waals surface area contributed by atoms with Gasteiger partial charge in [0.05, 0.1) is 0 Å². The molecule has 4 amide bonds. The lowest BCUT2D eigenvalue weighted by Crippen LogP contribution is -2.44. The number of anilines is 2. The molecule has 6 rings (SSSR count). The fourth-order valence-corrected chi connectivity index (χ4v) is 5.69. The highest BCUT2D eigenvalue weighted by molar-refractivity contribution is 9.10. The van der Waals surface area contributed by atoms with Crippen molar-refractivity contribution in [3.05, 3.63) is 91.1 Å². The Kier molecular flexibility index (Phi) is 4.96. The predicted octanol–water partition coefficient (Wildman–Crippen LogP) is 5.37. The van der Waals surface area contributed by atoms with E-state index in [1.54, 1.807) is 26.0 Å². The third-order valence-corrected chi connectivity index (χ3v) is 7.22. The number of imide groups is 2. The molecule has 10 heteroatoms. The van der Waals surface area contributed by atoms with Gasteiger partial charge in [-0.1, -0.05) is 0 Å². The van der Waals surface area contributed by atoms with Crippen molar-refractivity contribution in [1.82, 2.24) is 9.97 Å². The minimum Gasteiger partial charge on any atom is -0.268 e. The van der Waals surface area contributed by atoms with Crippen molar-refractivity contribution in [2.45, 2.75) is 13.8 Å². The van der Waals surface area contributed by atoms with Gasteiger partial charge in [-0.2, -0.15) is 0 Å². The Bertz CT molecular complexity index is 1540. The van der Waals surface area contributed by atoms with Crippen molar-refractivity contribution >= 4 is 77.9 Å². The Balaban J connectivity index is 1.56. The maximum atomic E-state index is 13.6. The highest BCUT2D eigenvalue weighted by atomic mass is 79.9. The van der Waals surface area contributed by atoms with E-state index in [1.165, 1.54) is 36.7 Å². The van der Waals surface area contributed by atoms with Gasteiger partial charge in [0.2, 0.25) is 0 Å². The molecule has 0 spiro atoms. The predicted molar refractivity (Wildman–Crippen MR) is 140 cm³/mol. The summed E-state index contributed by atoms with van der Waals surface area (Å²) in [5.74, 6) is -1.82. The first-order valence-electron chi connectivity index (χ1n) is 10.8. The van der Waals surface area contributed by atoms with Gasteiger partial charge in [0.25, 0.3) is 23.6 Å². The number of nitrogens with zero attached hydrogens (tertiary/aromatic N) is 4. The summed E-state index contributed by atoms with van der Waals surface area (Å²) in [6, 6.07) is 9.62. The molecule has 4 aromatic rings. The molecule has 0 unspecified atom stereocenters. The van der Waals surface area contributed by atoms with Gasteiger partial charge in [-0.3, -0.25) is 19.2 Å². The monoisotopic (exact) mass is 604 g/mol. The van der Waals surface area contributed by atoms with E-state index in [4.69, 9.17) is 0 Å². The second-order valence-corrected chi connectivity index (χ2v) is 10.4. The molecule has 2 aromatic carbocycles. The van der Waals surface area contributed by atoms with Crippen LogP contribution in [-0.4, -0.2) is 33.6 Å². The molecule has 0 fully saturated rings. The lowest BCUT2D eigenvalue weighted by molar-refractivity contribution is 0.0871. The van der Waals surface area contributed by atoms with Crippen molar-refractivity contribution in [3.63, 3.8) is 0 Å². The quantitative estimate of drug-likeness (QED) is 0.285. The fraction of sp³-hybridized carbons (Fsp3) is 0.0769. The van der Waals surface area contributed by atoms with Crippen LogP contribution in [0.1, 0.15) is 52.6 Å². The second-order valence-electron chi connectivity index (χ2n) is 8.55. The van der Waals surface area contributed by atoms with E-state index in [-0.39, 0.29) is 33.9 Å². The van der Waals surface area contributed by atoms with E-state index in [2.05, 4.69) is 41.8 Å². The lowest BCUT2D eigenvalue weighted by atomic mass is 9.85. The van der Waals surface area contributed by atoms with E-state index in [0.29, 0.717) is 21.9 Å². The van der Waals surface area contributed by atoms with Crippen molar-refractivity contribution in [2.24, 2.45) is 0 Å². The van der Waals surface area contributed by atoms with Crippen LogP contribution in [0.3, 0.4) is 0 Å². The number of carbonyl (C=O) groups excluding carboxylic acids is 4. The Hall–Kier alpha value is -3.76. The molecule has 2 aliphatic rings. The maximum absolute atomic E-state index is 13.6. The summed E-state index contributed by atoms with van der Waals surface area (Å²) in [6.45, 7) is 3.51. The average Bonchev–Trinajstić information content (AvgIpc) is 2.83. The van der Waals surface area contributed by atoms with Crippen LogP contribution in [0.5, 0.6) is 0 Å². The molecule has 0 bridgehead atoms. The first-order chi connectivity index (χ1) is 17.2. The zero-order valence-corrected chi connectivity index (χ0v) is 22.0. The summed E-state index contributed by atoms with van der Waals surface area (Å²) in [4.78, 5) is 64.9. The third-order valence-electron chi connectivity index (χ3n) is 6.35. The standard InChI is InChI=1S/C26H14Br2N4O4/c1-11-7-13(27)9-29-21(11)31-23(33)15-3-5-17-20-18(6-4-16(19(15)20)24(31)34)26(36)32(25(17)35)22-12(2)8-14(28)10-30-22/h3-10H,1-2H3. The molecule has 0 radical (unpaired) electrons. The van der Waals surface area contributed by atoms with Gasteiger partial charge in [-0.15, -0.1) is 0 Å². The lowest BCUT2D eigenvalue weighted by Gasteiger charge is -2.31. The van der Waals surface area contributed by atoms with Crippen LogP contribution in [0, 0.1) is 13.8 Å². The first-order valence-corrected chi connectivity index (χ1v) is 12.4. The van der Waals surface area contributed by atoms with E-state index >= 15 is 0 Å². The second kappa shape index (κ2) is 7.87. The summed E-state index contributed by atoms with van der Waals surface area (Å²) in [7, 11) is 0. The molecule has 0 saturated carbocycles. The zero-order chi connectivity index (χ0) is 25.5. The number of rotatable bonds is 2. The Morgan fingerprint density at radius 2 is 0.889 bits per heavy atom. The molecular formula is C26H14Br2N4O4. The van der Waals surface area contributed by atoms with Gasteiger partial charge in [0.15, 0.2) is 0 Å². The largest absolute Gasteiger partial charge is 0.268 e. The topological polar surface area (TPSA) is 101 Å². The smallest absolute Gasteiger partial charge is 0.267 e. The van der Waals surface area contributed by atoms with Crippen molar-refractivity contribution in [2.75, 3.05) is 9.80 Å². The summed E-state index contributed by atoms with van der Waals surface area (Å²) >= 11 is 6.69. The fourth-order valence-electron chi connectivity index (χ4n) is 4.79. The molecule has 4 heterocycles. The number of hydrogen-bond acceptors (Lipinski definition) is 6. The highest BCUT2D eigenvalue weighted by Crippen LogP contribution is 2.40. The van der Waals surface area contributed by atoms with Crippen LogP contribution in [0.4, 0.5) is 11.6 Å². The van der Waals surface area contributed by atoms with Crippen LogP contribution in [0.25, 0.3) is 10.8 Å². The number of hydrogen-bond donors (Lipinski definition) is 0. The summed E-state index contributed by atoms with van der Waals surface area (Å²) in [5.41, 5.74) is 2.17. The minimum absolute atomic E-state index is 0.223. The number of halogens is 2. The van der Waals surface area contributed by atoms with Gasteiger partial charge in [0.1, 0.15) is 11.6 Å². The average molecular weight is 606 g/mol. The minimum atomic E-state index is -0.568. The number of carbonyl (C=O) groups is 4. The normalized spacial score (nSPS) is 14.8. The number of aromatic nitrogens is 2. The zero-order valence-electron chi connectivity index (χ0n) is 18.8. The molecule has 0 atom stereocenters. The van der Waals surface area contributed by atoms with Crippen molar-refractivity contribution in [3.8, 4) is 0 Å². The number of amides is 4. The molecule has 0 aliphatic carbocycles. The molecule has 36 heavy (non-hydrogen) atoms. The van der Waals surface area contributed by atoms with Crippen LogP contribution >= 0.6 is 31.9 Å². The number of pyridine rings is 2. The molecule has 8 nitrogen and oxygen atoms in total. The van der Waals surface area contributed by atoms with Crippen LogP contribution in [0.2, 0.25) is 0 Å². The molecular weight excluding hydrogens is 592 g/mol. The van der Waals surface area contributed by atoms with Gasteiger partial charge in [-0.05, 0) is 93.2 Å². The first kappa shape index (κ1) is 22.7. The van der Waals surface area contributed by atoms with E-state index < -0.39 is 23.6 Å². The van der Waals surface area contributed by atoms with Crippen molar-refractivity contribution < 1.29 is 19.2 Å². The van der Waals surface area contributed by atoms with E-state index in [9.17, 15) is 19.2 Å².